The highest BCUT2D eigenvalue weighted by Gasteiger charge is 2.35. The summed E-state index contributed by atoms with van der Waals surface area (Å²) < 4.78 is 0. The Labute approximate surface area is 176 Å². The van der Waals surface area contributed by atoms with Crippen molar-refractivity contribution in [2.75, 3.05) is 24.1 Å². The highest BCUT2D eigenvalue weighted by Crippen LogP contribution is 2.23. The molecule has 2 aliphatic rings. The van der Waals surface area contributed by atoms with E-state index in [-0.39, 0.29) is 17.9 Å². The Morgan fingerprint density at radius 1 is 1.27 bits per heavy atom. The molecule has 1 aliphatic carbocycles. The van der Waals surface area contributed by atoms with E-state index in [1.54, 1.807) is 0 Å². The van der Waals surface area contributed by atoms with Crippen molar-refractivity contribution in [3.63, 3.8) is 0 Å². The molecule has 1 saturated heterocycles. The van der Waals surface area contributed by atoms with Gasteiger partial charge in [-0.2, -0.15) is 15.0 Å². The van der Waals surface area contributed by atoms with Crippen LogP contribution in [0.3, 0.4) is 0 Å². The summed E-state index contributed by atoms with van der Waals surface area (Å²) in [7, 11) is 0. The molecule has 0 spiro atoms. The molecule has 9 heteroatoms. The molecule has 0 radical (unpaired) electrons. The molecule has 30 heavy (non-hydrogen) atoms. The van der Waals surface area contributed by atoms with Gasteiger partial charge in [0, 0.05) is 24.8 Å². The zero-order valence-corrected chi connectivity index (χ0v) is 17.2. The number of aryl methyl sites for hydroxylation is 1. The summed E-state index contributed by atoms with van der Waals surface area (Å²) in [6, 6.07) is 8.16. The van der Waals surface area contributed by atoms with Gasteiger partial charge < -0.3 is 21.5 Å². The lowest BCUT2D eigenvalue weighted by atomic mass is 9.90. The second-order valence-corrected chi connectivity index (χ2v) is 8.26. The number of carbonyl (C=O) groups is 1. The van der Waals surface area contributed by atoms with Crippen molar-refractivity contribution < 1.29 is 9.90 Å². The number of likely N-dealkylation sites (tertiary alicyclic amines) is 1. The smallest absolute Gasteiger partial charge is 0.232 e. The van der Waals surface area contributed by atoms with Gasteiger partial charge in [-0.05, 0) is 50.3 Å². The number of rotatable bonds is 6. The fraction of sp³-hybridized carbons (Fsp3) is 0.524. The van der Waals surface area contributed by atoms with Gasteiger partial charge in [-0.15, -0.1) is 0 Å². The first-order valence-corrected chi connectivity index (χ1v) is 10.5. The zero-order valence-electron chi connectivity index (χ0n) is 17.2. The van der Waals surface area contributed by atoms with Crippen LogP contribution in [0.4, 0.5) is 17.6 Å². The minimum absolute atomic E-state index is 0.0612. The highest BCUT2D eigenvalue weighted by atomic mass is 16.3. The summed E-state index contributed by atoms with van der Waals surface area (Å²) in [6.45, 7) is 3.59. The van der Waals surface area contributed by atoms with E-state index < -0.39 is 12.0 Å². The fourth-order valence-corrected chi connectivity index (χ4v) is 3.89. The molecule has 2 fully saturated rings. The van der Waals surface area contributed by atoms with E-state index in [9.17, 15) is 9.90 Å². The number of aromatic nitrogens is 3. The van der Waals surface area contributed by atoms with Gasteiger partial charge in [-0.1, -0.05) is 12.1 Å². The molecule has 1 aromatic carbocycles. The first-order chi connectivity index (χ1) is 14.5. The number of nitrogens with one attached hydrogen (secondary N) is 2. The van der Waals surface area contributed by atoms with E-state index in [4.69, 9.17) is 5.73 Å². The summed E-state index contributed by atoms with van der Waals surface area (Å²) in [5.74, 6) is 0.565. The number of hydrogen-bond acceptors (Lipinski definition) is 8. The summed E-state index contributed by atoms with van der Waals surface area (Å²) in [5, 5.41) is 16.6. The topological polar surface area (TPSA) is 129 Å². The van der Waals surface area contributed by atoms with E-state index in [1.165, 1.54) is 0 Å². The molecule has 2 atom stereocenters. The van der Waals surface area contributed by atoms with Crippen molar-refractivity contribution in [3.05, 3.63) is 35.7 Å². The van der Waals surface area contributed by atoms with Gasteiger partial charge in [-0.25, -0.2) is 0 Å². The molecule has 9 nitrogen and oxygen atoms in total. The van der Waals surface area contributed by atoms with Crippen LogP contribution in [0, 0.1) is 12.8 Å². The van der Waals surface area contributed by atoms with Crippen LogP contribution in [0.2, 0.25) is 0 Å². The van der Waals surface area contributed by atoms with Crippen LogP contribution in [-0.2, 0) is 11.3 Å². The third kappa shape index (κ3) is 5.03. The normalized spacial score (nSPS) is 22.3. The molecule has 0 bridgehead atoms. The molecule has 2 aromatic rings. The molecular formula is C21H29N7O2. The standard InChI is InChI=1S/C21H29N7O2/c1-13-4-2-7-15(10-13)24-21-26-18(25-20(22)27-21)12-28-9-8-17(29)16(11-28)19(30)23-14-5-3-6-14/h2,4,7,10,14,16-17,29H,3,5-6,8-9,11-12H2,1H3,(H,23,30)(H3,22,24,25,26,27)/t16-,17+/m0/s1. The van der Waals surface area contributed by atoms with E-state index in [2.05, 4.69) is 30.5 Å². The number of aliphatic hydroxyl groups is 1. The van der Waals surface area contributed by atoms with E-state index >= 15 is 0 Å². The van der Waals surface area contributed by atoms with Crippen molar-refractivity contribution in [2.24, 2.45) is 5.92 Å². The Bertz CT molecular complexity index is 903. The van der Waals surface area contributed by atoms with Gasteiger partial charge in [-0.3, -0.25) is 9.69 Å². The maximum absolute atomic E-state index is 12.6. The second-order valence-electron chi connectivity index (χ2n) is 8.26. The number of piperidine rings is 1. The molecule has 1 aliphatic heterocycles. The lowest BCUT2D eigenvalue weighted by Crippen LogP contribution is -2.52. The van der Waals surface area contributed by atoms with Gasteiger partial charge in [0.05, 0.1) is 18.6 Å². The van der Waals surface area contributed by atoms with Crippen LogP contribution in [0.5, 0.6) is 0 Å². The Kier molecular flexibility index (Phi) is 6.10. The third-order valence-corrected chi connectivity index (χ3v) is 5.79. The summed E-state index contributed by atoms with van der Waals surface area (Å²) in [4.78, 5) is 27.6. The van der Waals surface area contributed by atoms with Crippen LogP contribution in [-0.4, -0.2) is 56.1 Å². The Morgan fingerprint density at radius 2 is 2.10 bits per heavy atom. The number of nitrogen functional groups attached to an aromatic ring is 1. The summed E-state index contributed by atoms with van der Waals surface area (Å²) in [5.41, 5.74) is 7.90. The molecule has 2 heterocycles. The average Bonchev–Trinajstić information content (AvgIpc) is 2.65. The lowest BCUT2D eigenvalue weighted by Gasteiger charge is -2.36. The lowest BCUT2D eigenvalue weighted by molar-refractivity contribution is -0.133. The highest BCUT2D eigenvalue weighted by molar-refractivity contribution is 5.80. The van der Waals surface area contributed by atoms with Gasteiger partial charge in [0.15, 0.2) is 0 Å². The van der Waals surface area contributed by atoms with E-state index in [1.807, 2.05) is 31.2 Å². The first kappa shape index (κ1) is 20.5. The predicted octanol–water partition coefficient (Wildman–Crippen LogP) is 1.36. The minimum Gasteiger partial charge on any atom is -0.392 e. The average molecular weight is 412 g/mol. The molecule has 5 N–H and O–H groups in total. The van der Waals surface area contributed by atoms with Crippen LogP contribution >= 0.6 is 0 Å². The van der Waals surface area contributed by atoms with Crippen molar-refractivity contribution in [3.8, 4) is 0 Å². The molecule has 1 amide bonds. The molecule has 0 unspecified atom stereocenters. The molecule has 160 valence electrons. The summed E-state index contributed by atoms with van der Waals surface area (Å²) in [6.07, 6.45) is 3.13. The molecule has 1 saturated carbocycles. The fourth-order valence-electron chi connectivity index (χ4n) is 3.89. The van der Waals surface area contributed by atoms with Gasteiger partial charge >= 0.3 is 0 Å². The Morgan fingerprint density at radius 3 is 2.83 bits per heavy atom. The zero-order chi connectivity index (χ0) is 21.1. The van der Waals surface area contributed by atoms with Gasteiger partial charge in [0.25, 0.3) is 0 Å². The van der Waals surface area contributed by atoms with E-state index in [0.29, 0.717) is 37.8 Å². The molecule has 1 aromatic heterocycles. The van der Waals surface area contributed by atoms with Crippen molar-refractivity contribution in [2.45, 2.75) is 51.3 Å². The van der Waals surface area contributed by atoms with Crippen LogP contribution < -0.4 is 16.4 Å². The van der Waals surface area contributed by atoms with Crippen molar-refractivity contribution >= 4 is 23.5 Å². The predicted molar refractivity (Wildman–Crippen MR) is 114 cm³/mol. The maximum Gasteiger partial charge on any atom is 0.232 e. The van der Waals surface area contributed by atoms with Crippen LogP contribution in [0.25, 0.3) is 0 Å². The summed E-state index contributed by atoms with van der Waals surface area (Å²) >= 11 is 0. The second kappa shape index (κ2) is 8.93. The number of hydrogen-bond donors (Lipinski definition) is 4. The SMILES string of the molecule is Cc1cccc(Nc2nc(N)nc(CN3CC[C@@H](O)[C@@H](C(=O)NC4CCC4)C3)n2)c1. The number of anilines is 3. The monoisotopic (exact) mass is 411 g/mol. The number of amides is 1. The largest absolute Gasteiger partial charge is 0.392 e. The Hall–Kier alpha value is -2.78. The number of carbonyl (C=O) groups excluding carboxylic acids is 1. The van der Waals surface area contributed by atoms with Crippen molar-refractivity contribution in [1.82, 2.24) is 25.2 Å². The number of nitrogens with two attached hydrogens (primary N) is 1. The van der Waals surface area contributed by atoms with Crippen molar-refractivity contribution in [1.29, 1.82) is 0 Å². The van der Waals surface area contributed by atoms with Gasteiger partial charge in [0.2, 0.25) is 17.8 Å². The minimum atomic E-state index is -0.622. The number of nitrogens with zero attached hydrogens (tertiary/aromatic N) is 4. The maximum atomic E-state index is 12.6. The first-order valence-electron chi connectivity index (χ1n) is 10.5. The molecular weight excluding hydrogens is 382 g/mol. The number of benzene rings is 1. The quantitative estimate of drug-likeness (QED) is 0.561. The number of aliphatic hydroxyl groups excluding tert-OH is 1. The van der Waals surface area contributed by atoms with Crippen LogP contribution in [0.15, 0.2) is 24.3 Å². The Balaban J connectivity index is 1.41. The molecule has 4 rings (SSSR count). The van der Waals surface area contributed by atoms with Gasteiger partial charge in [0.1, 0.15) is 5.82 Å². The van der Waals surface area contributed by atoms with Crippen LogP contribution in [0.1, 0.15) is 37.1 Å². The van der Waals surface area contributed by atoms with E-state index in [0.717, 1.165) is 30.5 Å². The third-order valence-electron chi connectivity index (χ3n) is 5.79.